The van der Waals surface area contributed by atoms with Gasteiger partial charge >= 0.3 is 0 Å². The van der Waals surface area contributed by atoms with Gasteiger partial charge in [-0.05, 0) is 44.5 Å². The van der Waals surface area contributed by atoms with Gasteiger partial charge in [0.15, 0.2) is 11.8 Å². The van der Waals surface area contributed by atoms with Gasteiger partial charge in [0.1, 0.15) is 0 Å². The Balaban J connectivity index is 1.58. The second kappa shape index (κ2) is 8.35. The van der Waals surface area contributed by atoms with Crippen molar-refractivity contribution in [1.82, 2.24) is 0 Å². The zero-order valence-corrected chi connectivity index (χ0v) is 16.3. The molecule has 0 aromatic heterocycles. The molecule has 1 heterocycles. The quantitative estimate of drug-likeness (QED) is 0.795. The lowest BCUT2D eigenvalue weighted by molar-refractivity contribution is -0.914. The van der Waals surface area contributed by atoms with Crippen LogP contribution in [0, 0.1) is 6.92 Å². The van der Waals surface area contributed by atoms with Crippen molar-refractivity contribution in [2.75, 3.05) is 36.4 Å². The van der Waals surface area contributed by atoms with Crippen LogP contribution < -0.4 is 15.1 Å². The number of ketones is 1. The predicted molar refractivity (Wildman–Crippen MR) is 109 cm³/mol. The second-order valence-corrected chi connectivity index (χ2v) is 7.28. The molecule has 0 radical (unpaired) electrons. The molecule has 1 aliphatic rings. The number of quaternary nitrogens is 1. The van der Waals surface area contributed by atoms with Gasteiger partial charge in [0.2, 0.25) is 0 Å². The number of benzene rings is 2. The first kappa shape index (κ1) is 19.1. The van der Waals surface area contributed by atoms with E-state index in [-0.39, 0.29) is 17.7 Å². The molecule has 27 heavy (non-hydrogen) atoms. The van der Waals surface area contributed by atoms with Crippen molar-refractivity contribution in [3.63, 3.8) is 0 Å². The molecule has 1 fully saturated rings. The van der Waals surface area contributed by atoms with Crippen LogP contribution in [-0.2, 0) is 4.79 Å². The van der Waals surface area contributed by atoms with Crippen molar-refractivity contribution >= 4 is 23.1 Å². The van der Waals surface area contributed by atoms with E-state index in [1.165, 1.54) is 23.1 Å². The van der Waals surface area contributed by atoms with E-state index in [0.717, 1.165) is 26.2 Å². The Morgan fingerprint density at radius 1 is 1.07 bits per heavy atom. The van der Waals surface area contributed by atoms with Crippen molar-refractivity contribution in [3.05, 3.63) is 59.7 Å². The molecule has 3 rings (SSSR count). The average Bonchev–Trinajstić information content (AvgIpc) is 2.68. The fourth-order valence-corrected chi connectivity index (χ4v) is 3.64. The van der Waals surface area contributed by atoms with Gasteiger partial charge in [-0.15, -0.1) is 0 Å². The number of nitrogens with one attached hydrogen (secondary N) is 2. The van der Waals surface area contributed by atoms with Gasteiger partial charge in [0.25, 0.3) is 5.91 Å². The maximum absolute atomic E-state index is 12.7. The molecule has 0 aliphatic carbocycles. The molecule has 0 unspecified atom stereocenters. The smallest absolute Gasteiger partial charge is 0.282 e. The first-order valence-electron chi connectivity index (χ1n) is 9.52. The van der Waals surface area contributed by atoms with E-state index in [2.05, 4.69) is 41.4 Å². The van der Waals surface area contributed by atoms with E-state index >= 15 is 0 Å². The van der Waals surface area contributed by atoms with Crippen molar-refractivity contribution in [2.45, 2.75) is 26.8 Å². The van der Waals surface area contributed by atoms with Crippen LogP contribution in [0.15, 0.2) is 48.5 Å². The monoisotopic (exact) mass is 366 g/mol. The van der Waals surface area contributed by atoms with Gasteiger partial charge in [-0.25, -0.2) is 0 Å². The number of amides is 1. The molecule has 0 bridgehead atoms. The maximum atomic E-state index is 12.7. The molecule has 5 heteroatoms. The number of rotatable bonds is 5. The SMILES string of the molecule is CC(=O)c1cccc(NC(=O)[C@H](C)[NH+]2CCN(c3ccccc3C)CC2)c1. The van der Waals surface area contributed by atoms with Crippen molar-refractivity contribution in [3.8, 4) is 0 Å². The molecule has 0 spiro atoms. The van der Waals surface area contributed by atoms with Crippen LogP contribution in [0.4, 0.5) is 11.4 Å². The molecule has 2 aromatic rings. The largest absolute Gasteiger partial charge is 0.360 e. The summed E-state index contributed by atoms with van der Waals surface area (Å²) in [4.78, 5) is 27.9. The molecule has 1 saturated heterocycles. The van der Waals surface area contributed by atoms with Crippen LogP contribution in [0.25, 0.3) is 0 Å². The Morgan fingerprint density at radius 3 is 2.44 bits per heavy atom. The summed E-state index contributed by atoms with van der Waals surface area (Å²) in [7, 11) is 0. The number of Topliss-reactive ketones (excluding diaryl/α,β-unsaturated/α-hetero) is 1. The molecule has 1 aliphatic heterocycles. The molecule has 142 valence electrons. The highest BCUT2D eigenvalue weighted by Crippen LogP contribution is 2.19. The molecule has 1 atom stereocenters. The lowest BCUT2D eigenvalue weighted by atomic mass is 10.1. The number of para-hydroxylation sites is 1. The van der Waals surface area contributed by atoms with Crippen LogP contribution in [0.5, 0.6) is 0 Å². The molecular weight excluding hydrogens is 338 g/mol. The van der Waals surface area contributed by atoms with Crippen molar-refractivity contribution in [1.29, 1.82) is 0 Å². The summed E-state index contributed by atoms with van der Waals surface area (Å²) in [6.45, 7) is 9.38. The standard InChI is InChI=1S/C22H27N3O2/c1-16-7-4-5-10-21(16)25-13-11-24(12-14-25)17(2)22(27)23-20-9-6-8-19(15-20)18(3)26/h4-10,15,17H,11-14H2,1-3H3,(H,23,27)/p+1/t17-/m0/s1. The van der Waals surface area contributed by atoms with Crippen molar-refractivity contribution in [2.24, 2.45) is 0 Å². The van der Waals surface area contributed by atoms with Crippen LogP contribution >= 0.6 is 0 Å². The molecule has 2 aromatic carbocycles. The van der Waals surface area contributed by atoms with Gasteiger partial charge in [-0.3, -0.25) is 9.59 Å². The first-order valence-corrected chi connectivity index (χ1v) is 9.52. The van der Waals surface area contributed by atoms with E-state index in [9.17, 15) is 9.59 Å². The molecule has 0 saturated carbocycles. The minimum atomic E-state index is -0.134. The third-order valence-electron chi connectivity index (χ3n) is 5.40. The highest BCUT2D eigenvalue weighted by Gasteiger charge is 2.29. The second-order valence-electron chi connectivity index (χ2n) is 7.28. The number of hydrogen-bond acceptors (Lipinski definition) is 3. The Kier molecular flexibility index (Phi) is 5.91. The molecule has 5 nitrogen and oxygen atoms in total. The fourth-order valence-electron chi connectivity index (χ4n) is 3.64. The third kappa shape index (κ3) is 4.55. The number of nitrogens with zero attached hydrogens (tertiary/aromatic N) is 1. The van der Waals surface area contributed by atoms with Gasteiger partial charge in [0.05, 0.1) is 26.2 Å². The minimum Gasteiger partial charge on any atom is -0.360 e. The lowest BCUT2D eigenvalue weighted by Gasteiger charge is -2.36. The molecule has 1 amide bonds. The zero-order valence-electron chi connectivity index (χ0n) is 16.3. The Bertz CT molecular complexity index is 826. The topological polar surface area (TPSA) is 53.9 Å². The number of piperazine rings is 1. The summed E-state index contributed by atoms with van der Waals surface area (Å²) in [5, 5.41) is 2.96. The maximum Gasteiger partial charge on any atom is 0.282 e. The summed E-state index contributed by atoms with van der Waals surface area (Å²) in [5.74, 6) is -0.00727. The predicted octanol–water partition coefficient (Wildman–Crippen LogP) is 1.93. The van der Waals surface area contributed by atoms with Crippen LogP contribution in [0.1, 0.15) is 29.8 Å². The van der Waals surface area contributed by atoms with Gasteiger partial charge in [0, 0.05) is 16.9 Å². The molecular formula is C22H28N3O2+. The number of carbonyl (C=O) groups is 2. The van der Waals surface area contributed by atoms with Gasteiger partial charge in [-0.2, -0.15) is 0 Å². The highest BCUT2D eigenvalue weighted by atomic mass is 16.2. The number of hydrogen-bond donors (Lipinski definition) is 2. The van der Waals surface area contributed by atoms with Crippen LogP contribution in [0.3, 0.4) is 0 Å². The average molecular weight is 366 g/mol. The minimum absolute atomic E-state index is 0.00269. The third-order valence-corrected chi connectivity index (χ3v) is 5.40. The fraction of sp³-hybridized carbons (Fsp3) is 0.364. The van der Waals surface area contributed by atoms with Crippen LogP contribution in [-0.4, -0.2) is 43.9 Å². The Labute approximate surface area is 161 Å². The Hall–Kier alpha value is -2.66. The summed E-state index contributed by atoms with van der Waals surface area (Å²) in [5.41, 5.74) is 3.86. The van der Waals surface area contributed by atoms with E-state index in [1.54, 1.807) is 18.2 Å². The highest BCUT2D eigenvalue weighted by molar-refractivity contribution is 5.97. The summed E-state index contributed by atoms with van der Waals surface area (Å²) < 4.78 is 0. The number of carbonyl (C=O) groups excluding carboxylic acids is 2. The normalized spacial score (nSPS) is 16.0. The summed E-state index contributed by atoms with van der Waals surface area (Å²) in [6.07, 6.45) is 0. The van der Waals surface area contributed by atoms with Crippen molar-refractivity contribution < 1.29 is 14.5 Å². The number of aryl methyl sites for hydroxylation is 1. The first-order chi connectivity index (χ1) is 13.0. The van der Waals surface area contributed by atoms with E-state index in [1.807, 2.05) is 13.0 Å². The Morgan fingerprint density at radius 2 is 1.78 bits per heavy atom. The van der Waals surface area contributed by atoms with E-state index < -0.39 is 0 Å². The van der Waals surface area contributed by atoms with E-state index in [4.69, 9.17) is 0 Å². The zero-order chi connectivity index (χ0) is 19.4. The lowest BCUT2D eigenvalue weighted by Crippen LogP contribution is -3.19. The number of anilines is 2. The van der Waals surface area contributed by atoms with Gasteiger partial charge < -0.3 is 15.1 Å². The molecule has 2 N–H and O–H groups in total. The summed E-state index contributed by atoms with van der Waals surface area (Å²) in [6, 6.07) is 15.4. The van der Waals surface area contributed by atoms with E-state index in [0.29, 0.717) is 11.3 Å². The van der Waals surface area contributed by atoms with Gasteiger partial charge in [-0.1, -0.05) is 30.3 Å². The van der Waals surface area contributed by atoms with Crippen LogP contribution in [0.2, 0.25) is 0 Å². The summed E-state index contributed by atoms with van der Waals surface area (Å²) >= 11 is 0.